The summed E-state index contributed by atoms with van der Waals surface area (Å²) in [4.78, 5) is 16.9. The van der Waals surface area contributed by atoms with Gasteiger partial charge in [0.15, 0.2) is 0 Å². The highest BCUT2D eigenvalue weighted by atomic mass is 16.1. The van der Waals surface area contributed by atoms with Gasteiger partial charge in [-0.25, -0.2) is 4.98 Å². The molecule has 10 nitrogen and oxygen atoms in total. The van der Waals surface area contributed by atoms with Crippen LogP contribution in [0.5, 0.6) is 0 Å². The molecule has 0 aliphatic heterocycles. The molecule has 1 rings (SSSR count). The van der Waals surface area contributed by atoms with Crippen molar-refractivity contribution in [3.8, 4) is 0 Å². The van der Waals surface area contributed by atoms with Crippen molar-refractivity contribution in [2.75, 3.05) is 14.1 Å². The Morgan fingerprint density at radius 2 is 2.25 bits per heavy atom. The maximum absolute atomic E-state index is 10.5. The summed E-state index contributed by atoms with van der Waals surface area (Å²) < 4.78 is 0. The lowest BCUT2D eigenvalue weighted by molar-refractivity contribution is 0.0996. The number of rotatable bonds is 3. The predicted molar refractivity (Wildman–Crippen MR) is 55.6 cm³/mol. The summed E-state index contributed by atoms with van der Waals surface area (Å²) >= 11 is 0. The number of hydrogen-bond donors (Lipinski definition) is 4. The van der Waals surface area contributed by atoms with Gasteiger partial charge in [-0.15, -0.1) is 0 Å². The predicted octanol–water partition coefficient (Wildman–Crippen LogP) is -0.331. The Morgan fingerprint density at radius 3 is 2.62 bits per heavy atom. The highest BCUT2D eigenvalue weighted by Crippen LogP contribution is 2.04. The lowest BCUT2D eigenvalue weighted by Gasteiger charge is -1.83. The lowest BCUT2D eigenvalue weighted by atomic mass is 10.5. The SMILES string of the molecule is CN=NN.CNN=Nc1nc(C(N)=O)c[nH]1. The van der Waals surface area contributed by atoms with E-state index >= 15 is 0 Å². The monoisotopic (exact) mass is 227 g/mol. The number of primary amides is 1. The van der Waals surface area contributed by atoms with Crippen LogP contribution >= 0.6 is 0 Å². The Bertz CT molecular complexity index is 364. The average molecular weight is 227 g/mol. The summed E-state index contributed by atoms with van der Waals surface area (Å²) in [6, 6.07) is 0. The van der Waals surface area contributed by atoms with Gasteiger partial charge < -0.3 is 16.6 Å². The molecule has 88 valence electrons. The molecule has 10 heteroatoms. The van der Waals surface area contributed by atoms with E-state index in [2.05, 4.69) is 41.9 Å². The molecule has 1 aromatic rings. The molecular weight excluding hydrogens is 214 g/mol. The number of nitrogens with one attached hydrogen (secondary N) is 2. The van der Waals surface area contributed by atoms with Gasteiger partial charge in [-0.2, -0.15) is 5.11 Å². The molecule has 0 atom stereocenters. The fourth-order valence-corrected chi connectivity index (χ4v) is 0.586. The molecule has 0 aliphatic rings. The van der Waals surface area contributed by atoms with Crippen LogP contribution < -0.4 is 17.0 Å². The second-order valence-electron chi connectivity index (χ2n) is 2.21. The number of H-pyrrole nitrogens is 1. The fourth-order valence-electron chi connectivity index (χ4n) is 0.586. The number of imidazole rings is 1. The summed E-state index contributed by atoms with van der Waals surface area (Å²) in [5.41, 5.74) is 7.52. The molecule has 0 spiro atoms. The Balaban J connectivity index is 0.000000487. The number of aromatic amines is 1. The van der Waals surface area contributed by atoms with Crippen LogP contribution in [-0.2, 0) is 0 Å². The largest absolute Gasteiger partial charge is 0.364 e. The molecule has 0 aliphatic carbocycles. The fraction of sp³-hybridized carbons (Fsp3) is 0.333. The molecule has 1 aromatic heterocycles. The summed E-state index contributed by atoms with van der Waals surface area (Å²) in [5.74, 6) is 4.12. The molecule has 0 saturated carbocycles. The van der Waals surface area contributed by atoms with Crippen molar-refractivity contribution in [3.05, 3.63) is 11.9 Å². The van der Waals surface area contributed by atoms with Crippen LogP contribution in [0, 0.1) is 0 Å². The van der Waals surface area contributed by atoms with Crippen molar-refractivity contribution in [2.45, 2.75) is 0 Å². The van der Waals surface area contributed by atoms with Crippen molar-refractivity contribution >= 4 is 11.9 Å². The first-order chi connectivity index (χ1) is 7.65. The number of aromatic nitrogens is 2. The van der Waals surface area contributed by atoms with Crippen molar-refractivity contribution in [3.63, 3.8) is 0 Å². The molecule has 1 heterocycles. The van der Waals surface area contributed by atoms with E-state index in [0.717, 1.165) is 0 Å². The standard InChI is InChI=1S/C5H8N6O.CH5N3/c1-7-11-10-5-8-2-3(9-5)4(6)12;1-3-4-2/h2H,1H3,(H2,6,12)(H2,7,8,9,10);1H3,(H2,2,3). The maximum atomic E-state index is 10.5. The van der Waals surface area contributed by atoms with Crippen molar-refractivity contribution in [2.24, 2.45) is 32.3 Å². The molecule has 6 N–H and O–H groups in total. The van der Waals surface area contributed by atoms with E-state index in [9.17, 15) is 4.79 Å². The van der Waals surface area contributed by atoms with Gasteiger partial charge in [0.25, 0.3) is 5.91 Å². The van der Waals surface area contributed by atoms with E-state index in [1.54, 1.807) is 7.05 Å². The van der Waals surface area contributed by atoms with Crippen molar-refractivity contribution in [1.29, 1.82) is 0 Å². The minimum atomic E-state index is -0.600. The molecule has 0 bridgehead atoms. The molecular formula is C6H13N9O. The second-order valence-corrected chi connectivity index (χ2v) is 2.21. The van der Waals surface area contributed by atoms with E-state index in [4.69, 9.17) is 5.73 Å². The van der Waals surface area contributed by atoms with Gasteiger partial charge >= 0.3 is 0 Å². The summed E-state index contributed by atoms with van der Waals surface area (Å²) in [6.07, 6.45) is 1.37. The van der Waals surface area contributed by atoms with Crippen molar-refractivity contribution in [1.82, 2.24) is 15.4 Å². The number of carbonyl (C=O) groups is 1. The number of nitrogens with two attached hydrogens (primary N) is 2. The third-order valence-corrected chi connectivity index (χ3v) is 1.18. The molecule has 0 fully saturated rings. The Morgan fingerprint density at radius 1 is 1.62 bits per heavy atom. The van der Waals surface area contributed by atoms with E-state index in [0.29, 0.717) is 0 Å². The molecule has 0 radical (unpaired) electrons. The van der Waals surface area contributed by atoms with Crippen LogP contribution in [0.4, 0.5) is 5.95 Å². The number of carbonyl (C=O) groups excluding carboxylic acids is 1. The van der Waals surface area contributed by atoms with Gasteiger partial charge in [0.05, 0.1) is 7.05 Å². The normalized spacial score (nSPS) is 10.1. The van der Waals surface area contributed by atoms with Gasteiger partial charge in [-0.05, 0) is 0 Å². The molecule has 0 aromatic carbocycles. The molecule has 0 saturated heterocycles. The number of nitrogens with zero attached hydrogens (tertiary/aromatic N) is 5. The third kappa shape index (κ3) is 5.26. The third-order valence-electron chi connectivity index (χ3n) is 1.18. The minimum absolute atomic E-state index is 0.139. The summed E-state index contributed by atoms with van der Waals surface area (Å²) in [6.45, 7) is 0. The number of amides is 1. The molecule has 16 heavy (non-hydrogen) atoms. The van der Waals surface area contributed by atoms with Crippen LogP contribution in [0.1, 0.15) is 10.5 Å². The van der Waals surface area contributed by atoms with Crippen molar-refractivity contribution < 1.29 is 4.79 Å². The first-order valence-electron chi connectivity index (χ1n) is 4.07. The van der Waals surface area contributed by atoms with Gasteiger partial charge in [0.2, 0.25) is 5.95 Å². The second kappa shape index (κ2) is 7.84. The molecule has 0 unspecified atom stereocenters. The number of hydrogen-bond acceptors (Lipinski definition) is 6. The van der Waals surface area contributed by atoms with E-state index in [1.807, 2.05) is 0 Å². The summed E-state index contributed by atoms with van der Waals surface area (Å²) in [7, 11) is 3.11. The highest BCUT2D eigenvalue weighted by molar-refractivity contribution is 5.90. The van der Waals surface area contributed by atoms with Gasteiger partial charge in [-0.1, -0.05) is 15.6 Å². The zero-order valence-corrected chi connectivity index (χ0v) is 8.88. The Kier molecular flexibility index (Phi) is 6.61. The highest BCUT2D eigenvalue weighted by Gasteiger charge is 2.04. The Hall–Kier alpha value is -2.52. The zero-order chi connectivity index (χ0) is 12.4. The van der Waals surface area contributed by atoms with Crippen LogP contribution in [-0.4, -0.2) is 30.0 Å². The van der Waals surface area contributed by atoms with E-state index in [-0.39, 0.29) is 11.6 Å². The van der Waals surface area contributed by atoms with E-state index < -0.39 is 5.91 Å². The van der Waals surface area contributed by atoms with Gasteiger partial charge in [-0.3, -0.25) is 10.2 Å². The average Bonchev–Trinajstić information content (AvgIpc) is 2.75. The maximum Gasteiger partial charge on any atom is 0.268 e. The van der Waals surface area contributed by atoms with Gasteiger partial charge in [0, 0.05) is 13.2 Å². The Labute approximate surface area is 91.2 Å². The topological polar surface area (TPSA) is 159 Å². The first-order valence-corrected chi connectivity index (χ1v) is 4.07. The zero-order valence-electron chi connectivity index (χ0n) is 8.88. The van der Waals surface area contributed by atoms with Gasteiger partial charge in [0.1, 0.15) is 5.69 Å². The quantitative estimate of drug-likeness (QED) is 0.316. The molecule has 1 amide bonds. The summed E-state index contributed by atoms with van der Waals surface area (Å²) in [5, 5.41) is 13.0. The smallest absolute Gasteiger partial charge is 0.268 e. The lowest BCUT2D eigenvalue weighted by Crippen LogP contribution is -2.10. The van der Waals surface area contributed by atoms with E-state index in [1.165, 1.54) is 13.2 Å². The minimum Gasteiger partial charge on any atom is -0.364 e. The van der Waals surface area contributed by atoms with Crippen LogP contribution in [0.3, 0.4) is 0 Å². The first kappa shape index (κ1) is 13.5. The van der Waals surface area contributed by atoms with Crippen LogP contribution in [0.15, 0.2) is 26.9 Å². The van der Waals surface area contributed by atoms with Crippen LogP contribution in [0.25, 0.3) is 0 Å². The van der Waals surface area contributed by atoms with Crippen LogP contribution in [0.2, 0.25) is 0 Å².